The van der Waals surface area contributed by atoms with Crippen LogP contribution in [0.1, 0.15) is 34.6 Å². The summed E-state index contributed by atoms with van der Waals surface area (Å²) >= 11 is 0. The normalized spacial score (nSPS) is 22.0. The van der Waals surface area contributed by atoms with Crippen LogP contribution in [-0.2, 0) is 26.4 Å². The van der Waals surface area contributed by atoms with E-state index in [1.54, 1.807) is 34.6 Å². The minimum atomic E-state index is -4.41. The zero-order valence-corrected chi connectivity index (χ0v) is 16.0. The fourth-order valence-corrected chi connectivity index (χ4v) is 4.11. The summed E-state index contributed by atoms with van der Waals surface area (Å²) < 4.78 is 52.1. The van der Waals surface area contributed by atoms with Crippen molar-refractivity contribution in [3.8, 4) is 0 Å². The molecule has 25 heavy (non-hydrogen) atoms. The first-order chi connectivity index (χ1) is 11.3. The first-order valence-electron chi connectivity index (χ1n) is 7.79. The zero-order chi connectivity index (χ0) is 19.2. The number of imidazole rings is 1. The van der Waals surface area contributed by atoms with Gasteiger partial charge >= 0.3 is 6.09 Å². The summed E-state index contributed by atoms with van der Waals surface area (Å²) in [5, 5.41) is -0.408. The van der Waals surface area contributed by atoms with Gasteiger partial charge in [-0.05, 0) is 34.6 Å². The molecule has 0 radical (unpaired) electrons. The Labute approximate surface area is 146 Å². The molecule has 0 bridgehead atoms. The third kappa shape index (κ3) is 3.79. The summed E-state index contributed by atoms with van der Waals surface area (Å²) in [4.78, 5) is 17.2. The summed E-state index contributed by atoms with van der Waals surface area (Å²) in [6.07, 6.45) is 1.83. The summed E-state index contributed by atoms with van der Waals surface area (Å²) in [5.74, 6) is 0. The van der Waals surface area contributed by atoms with Gasteiger partial charge in [0.2, 0.25) is 20.5 Å². The van der Waals surface area contributed by atoms with Crippen LogP contribution in [0.25, 0.3) is 0 Å². The maximum Gasteiger partial charge on any atom is 0.413 e. The molecular weight excluding hydrogens is 353 g/mol. The van der Waals surface area contributed by atoms with Crippen LogP contribution in [-0.4, -0.2) is 58.4 Å². The fourth-order valence-electron chi connectivity index (χ4n) is 2.63. The number of hydrogen-bond donors (Lipinski definition) is 0. The second-order valence-corrected chi connectivity index (χ2v) is 9.30. The average Bonchev–Trinajstić information content (AvgIpc) is 2.99. The number of carbonyl (C=O) groups is 1. The smallest absolute Gasteiger partial charge is 0.413 e. The lowest BCUT2D eigenvalue weighted by atomic mass is 10.2. The summed E-state index contributed by atoms with van der Waals surface area (Å²) in [7, 11) is -2.96. The Bertz CT molecular complexity index is 753. The van der Waals surface area contributed by atoms with Crippen LogP contribution in [0.3, 0.4) is 0 Å². The molecule has 1 saturated heterocycles. The van der Waals surface area contributed by atoms with Crippen molar-refractivity contribution in [3.63, 3.8) is 0 Å². The SMILES string of the molecule is Cn1ccnc1S(=O)(=O)[C@@H](F)[C@@H]1COC(C)(C)N1C(=O)OC(C)(C)C. The van der Waals surface area contributed by atoms with Crippen molar-refractivity contribution in [3.05, 3.63) is 12.4 Å². The molecule has 8 nitrogen and oxygen atoms in total. The van der Waals surface area contributed by atoms with Gasteiger partial charge in [-0.15, -0.1) is 0 Å². The maximum absolute atomic E-state index is 15.0. The Balaban J connectivity index is 2.36. The number of sulfone groups is 1. The number of alkyl halides is 1. The number of halogens is 1. The predicted octanol–water partition coefficient (Wildman–Crippen LogP) is 1.86. The number of ether oxygens (including phenoxy) is 2. The highest BCUT2D eigenvalue weighted by Crippen LogP contribution is 2.34. The van der Waals surface area contributed by atoms with E-state index in [1.807, 2.05) is 0 Å². The molecule has 1 aliphatic heterocycles. The fraction of sp³-hybridized carbons (Fsp3) is 0.733. The zero-order valence-electron chi connectivity index (χ0n) is 15.2. The molecule has 0 N–H and O–H groups in total. The second-order valence-electron chi connectivity index (χ2n) is 7.39. The minimum absolute atomic E-state index is 0.267. The Hall–Kier alpha value is -1.68. The molecule has 0 unspecified atom stereocenters. The van der Waals surface area contributed by atoms with Crippen molar-refractivity contribution in [1.29, 1.82) is 0 Å². The Morgan fingerprint density at radius 1 is 1.48 bits per heavy atom. The number of amides is 1. The molecule has 2 heterocycles. The molecule has 0 aromatic carbocycles. The van der Waals surface area contributed by atoms with Gasteiger partial charge in [0.05, 0.1) is 6.61 Å². The van der Waals surface area contributed by atoms with Crippen LogP contribution >= 0.6 is 0 Å². The Morgan fingerprint density at radius 2 is 2.08 bits per heavy atom. The highest BCUT2D eigenvalue weighted by atomic mass is 32.2. The van der Waals surface area contributed by atoms with Crippen molar-refractivity contribution >= 4 is 15.9 Å². The summed E-state index contributed by atoms with van der Waals surface area (Å²) in [5.41, 5.74) is -4.41. The van der Waals surface area contributed by atoms with E-state index in [-0.39, 0.29) is 6.61 Å². The molecule has 142 valence electrons. The quantitative estimate of drug-likeness (QED) is 0.799. The molecule has 0 spiro atoms. The molecule has 2 atom stereocenters. The molecule has 1 aromatic heterocycles. The second kappa shape index (κ2) is 6.24. The van der Waals surface area contributed by atoms with E-state index in [4.69, 9.17) is 9.47 Å². The van der Waals surface area contributed by atoms with Crippen LogP contribution in [0.2, 0.25) is 0 Å². The van der Waals surface area contributed by atoms with Crippen LogP contribution in [0.4, 0.5) is 9.18 Å². The number of hydrogen-bond acceptors (Lipinski definition) is 6. The summed E-state index contributed by atoms with van der Waals surface area (Å²) in [6, 6.07) is -1.34. The third-order valence-corrected chi connectivity index (χ3v) is 5.55. The van der Waals surface area contributed by atoms with Gasteiger partial charge in [-0.1, -0.05) is 0 Å². The number of nitrogens with zero attached hydrogens (tertiary/aromatic N) is 3. The van der Waals surface area contributed by atoms with Crippen molar-refractivity contribution in [2.45, 2.75) is 62.6 Å². The average molecular weight is 377 g/mol. The van der Waals surface area contributed by atoms with E-state index < -0.39 is 44.0 Å². The lowest BCUT2D eigenvalue weighted by Crippen LogP contribution is -2.53. The maximum atomic E-state index is 15.0. The molecule has 0 aliphatic carbocycles. The van der Waals surface area contributed by atoms with Gasteiger partial charge in [0.25, 0.3) is 0 Å². The Kier molecular flexibility index (Phi) is 4.90. The van der Waals surface area contributed by atoms with Gasteiger partial charge < -0.3 is 14.0 Å². The van der Waals surface area contributed by atoms with E-state index in [1.165, 1.54) is 24.0 Å². The highest BCUT2D eigenvalue weighted by molar-refractivity contribution is 7.91. The van der Waals surface area contributed by atoms with E-state index in [9.17, 15) is 13.2 Å². The lowest BCUT2D eigenvalue weighted by molar-refractivity contribution is -0.0637. The van der Waals surface area contributed by atoms with Gasteiger partial charge in [0.1, 0.15) is 17.4 Å². The molecule has 1 fully saturated rings. The molecule has 0 saturated carbocycles. The number of aryl methyl sites for hydroxylation is 1. The standard InChI is InChI=1S/C15H24FN3O5S/c1-14(2,3)24-13(20)19-10(9-23-15(19,4)5)11(16)25(21,22)12-17-7-8-18(12)6/h7-8,10-11H,9H2,1-6H3/t10-,11+/m0/s1. The van der Waals surface area contributed by atoms with E-state index in [0.29, 0.717) is 0 Å². The van der Waals surface area contributed by atoms with Gasteiger partial charge in [-0.2, -0.15) is 0 Å². The van der Waals surface area contributed by atoms with Crippen molar-refractivity contribution in [2.75, 3.05) is 6.61 Å². The number of aromatic nitrogens is 2. The van der Waals surface area contributed by atoms with E-state index in [0.717, 1.165) is 4.90 Å². The van der Waals surface area contributed by atoms with Crippen LogP contribution in [0, 0.1) is 0 Å². The van der Waals surface area contributed by atoms with Crippen LogP contribution in [0.15, 0.2) is 17.6 Å². The number of rotatable bonds is 3. The Morgan fingerprint density at radius 3 is 2.56 bits per heavy atom. The summed E-state index contributed by atoms with van der Waals surface area (Å²) in [6.45, 7) is 7.84. The highest BCUT2D eigenvalue weighted by Gasteiger charge is 2.53. The first kappa shape index (κ1) is 19.6. The van der Waals surface area contributed by atoms with Gasteiger partial charge in [-0.3, -0.25) is 4.90 Å². The predicted molar refractivity (Wildman–Crippen MR) is 87.2 cm³/mol. The van der Waals surface area contributed by atoms with Gasteiger partial charge in [-0.25, -0.2) is 22.6 Å². The molecule has 1 aromatic rings. The third-order valence-electron chi connectivity index (χ3n) is 3.74. The van der Waals surface area contributed by atoms with Crippen molar-refractivity contribution in [1.82, 2.24) is 14.5 Å². The van der Waals surface area contributed by atoms with E-state index in [2.05, 4.69) is 4.98 Å². The molecular formula is C15H24FN3O5S. The van der Waals surface area contributed by atoms with Crippen molar-refractivity contribution < 1.29 is 27.1 Å². The largest absolute Gasteiger partial charge is 0.444 e. The van der Waals surface area contributed by atoms with Crippen LogP contribution in [0.5, 0.6) is 0 Å². The monoisotopic (exact) mass is 377 g/mol. The van der Waals surface area contributed by atoms with Crippen molar-refractivity contribution in [2.24, 2.45) is 7.05 Å². The van der Waals surface area contributed by atoms with E-state index >= 15 is 4.39 Å². The molecule has 1 amide bonds. The minimum Gasteiger partial charge on any atom is -0.444 e. The topological polar surface area (TPSA) is 90.7 Å². The van der Waals surface area contributed by atoms with Gasteiger partial charge in [0, 0.05) is 19.4 Å². The first-order valence-corrected chi connectivity index (χ1v) is 9.33. The van der Waals surface area contributed by atoms with Crippen LogP contribution < -0.4 is 0 Å². The molecule has 1 aliphatic rings. The molecule has 10 heteroatoms. The lowest BCUT2D eigenvalue weighted by Gasteiger charge is -2.35. The number of carbonyl (C=O) groups excluding carboxylic acids is 1. The van der Waals surface area contributed by atoms with Gasteiger partial charge in [0.15, 0.2) is 0 Å². The molecule has 2 rings (SSSR count).